The van der Waals surface area contributed by atoms with Crippen molar-refractivity contribution in [3.8, 4) is 11.5 Å². The fraction of sp³-hybridized carbons (Fsp3) is 0.600. The molecule has 0 bridgehead atoms. The minimum Gasteiger partial charge on any atom is -0.493 e. The molecule has 0 spiro atoms. The highest BCUT2D eigenvalue weighted by Crippen LogP contribution is 2.32. The molecule has 0 aliphatic rings. The van der Waals surface area contributed by atoms with Crippen molar-refractivity contribution in [2.24, 2.45) is 0 Å². The Kier molecular flexibility index (Phi) is 5.83. The number of anilines is 1. The molecule has 0 radical (unpaired) electrons. The third kappa shape index (κ3) is 3.56. The van der Waals surface area contributed by atoms with Gasteiger partial charge in [0.2, 0.25) is 0 Å². The lowest BCUT2D eigenvalue weighted by atomic mass is 10.2. The Balaban J connectivity index is 2.97. The molecule has 0 heterocycles. The van der Waals surface area contributed by atoms with E-state index < -0.39 is 0 Å². The van der Waals surface area contributed by atoms with Crippen LogP contribution in [0.5, 0.6) is 11.5 Å². The van der Waals surface area contributed by atoms with E-state index in [2.05, 4.69) is 37.8 Å². The zero-order chi connectivity index (χ0) is 13.5. The van der Waals surface area contributed by atoms with Gasteiger partial charge in [-0.05, 0) is 32.4 Å². The van der Waals surface area contributed by atoms with E-state index in [9.17, 15) is 0 Å². The van der Waals surface area contributed by atoms with Gasteiger partial charge in [0.05, 0.1) is 14.2 Å². The molecule has 1 aromatic rings. The number of methoxy groups -OCH3 is 2. The van der Waals surface area contributed by atoms with E-state index >= 15 is 0 Å². The molecule has 0 unspecified atom stereocenters. The van der Waals surface area contributed by atoms with E-state index in [0.29, 0.717) is 6.04 Å². The maximum absolute atomic E-state index is 5.36. The number of rotatable bonds is 7. The first-order chi connectivity index (χ1) is 8.63. The topological polar surface area (TPSA) is 21.7 Å². The van der Waals surface area contributed by atoms with Gasteiger partial charge in [0.1, 0.15) is 0 Å². The summed E-state index contributed by atoms with van der Waals surface area (Å²) in [5.74, 6) is 1.57. The molecular formula is C15H25NO2. The van der Waals surface area contributed by atoms with E-state index in [-0.39, 0.29) is 0 Å². The number of ether oxygens (including phenoxy) is 2. The summed E-state index contributed by atoms with van der Waals surface area (Å²) in [6.07, 6.45) is 2.41. The maximum atomic E-state index is 5.36. The highest BCUT2D eigenvalue weighted by Gasteiger charge is 2.12. The van der Waals surface area contributed by atoms with Crippen LogP contribution in [0.25, 0.3) is 0 Å². The molecule has 18 heavy (non-hydrogen) atoms. The minimum absolute atomic E-state index is 0.481. The van der Waals surface area contributed by atoms with Crippen LogP contribution in [0.15, 0.2) is 18.2 Å². The second-order valence-corrected chi connectivity index (χ2v) is 4.68. The van der Waals surface area contributed by atoms with E-state index in [1.807, 2.05) is 6.07 Å². The van der Waals surface area contributed by atoms with Crippen LogP contribution in [-0.4, -0.2) is 26.8 Å². The van der Waals surface area contributed by atoms with Crippen LogP contribution < -0.4 is 14.4 Å². The van der Waals surface area contributed by atoms with Crippen LogP contribution in [0, 0.1) is 0 Å². The molecule has 0 aliphatic heterocycles. The molecule has 1 aromatic carbocycles. The van der Waals surface area contributed by atoms with Crippen LogP contribution in [0.4, 0.5) is 5.69 Å². The zero-order valence-corrected chi connectivity index (χ0v) is 12.2. The summed E-state index contributed by atoms with van der Waals surface area (Å²) in [7, 11) is 3.34. The van der Waals surface area contributed by atoms with Gasteiger partial charge in [-0.3, -0.25) is 0 Å². The summed E-state index contributed by atoms with van der Waals surface area (Å²) in [5, 5.41) is 0. The SMILES string of the molecule is CCCCN(c1ccc(OC)c(OC)c1)C(C)C. The Bertz CT molecular complexity index is 364. The monoisotopic (exact) mass is 251 g/mol. The summed E-state index contributed by atoms with van der Waals surface area (Å²) < 4.78 is 10.6. The van der Waals surface area contributed by atoms with Gasteiger partial charge in [0.25, 0.3) is 0 Å². The van der Waals surface area contributed by atoms with E-state index in [1.54, 1.807) is 14.2 Å². The molecule has 0 fully saturated rings. The van der Waals surface area contributed by atoms with Gasteiger partial charge < -0.3 is 14.4 Å². The molecule has 0 aliphatic carbocycles. The third-order valence-corrected chi connectivity index (χ3v) is 3.07. The van der Waals surface area contributed by atoms with Gasteiger partial charge >= 0.3 is 0 Å². The zero-order valence-electron chi connectivity index (χ0n) is 12.2. The van der Waals surface area contributed by atoms with Crippen molar-refractivity contribution in [3.05, 3.63) is 18.2 Å². The Hall–Kier alpha value is -1.38. The molecular weight excluding hydrogens is 226 g/mol. The molecule has 3 heteroatoms. The first kappa shape index (κ1) is 14.7. The molecule has 0 N–H and O–H groups in total. The molecule has 102 valence electrons. The smallest absolute Gasteiger partial charge is 0.162 e. The lowest BCUT2D eigenvalue weighted by Crippen LogP contribution is -2.31. The number of benzene rings is 1. The predicted molar refractivity (Wildman–Crippen MR) is 76.9 cm³/mol. The highest BCUT2D eigenvalue weighted by atomic mass is 16.5. The largest absolute Gasteiger partial charge is 0.493 e. The number of nitrogens with zero attached hydrogens (tertiary/aromatic N) is 1. The van der Waals surface area contributed by atoms with E-state index in [0.717, 1.165) is 18.0 Å². The lowest BCUT2D eigenvalue weighted by Gasteiger charge is -2.29. The van der Waals surface area contributed by atoms with Crippen LogP contribution in [-0.2, 0) is 0 Å². The molecule has 0 aromatic heterocycles. The molecule has 0 saturated heterocycles. The van der Waals surface area contributed by atoms with Gasteiger partial charge in [-0.15, -0.1) is 0 Å². The second kappa shape index (κ2) is 7.14. The summed E-state index contributed by atoms with van der Waals surface area (Å²) in [6, 6.07) is 6.59. The molecule has 0 saturated carbocycles. The first-order valence-corrected chi connectivity index (χ1v) is 6.62. The standard InChI is InChI=1S/C15H25NO2/c1-6-7-10-16(12(2)3)13-8-9-14(17-4)15(11-13)18-5/h8-9,11-12H,6-7,10H2,1-5H3. The van der Waals surface area contributed by atoms with Gasteiger partial charge in [-0.25, -0.2) is 0 Å². The average Bonchev–Trinajstić information content (AvgIpc) is 2.38. The van der Waals surface area contributed by atoms with Crippen LogP contribution >= 0.6 is 0 Å². The molecule has 0 amide bonds. The number of hydrogen-bond acceptors (Lipinski definition) is 3. The van der Waals surface area contributed by atoms with Gasteiger partial charge in [0.15, 0.2) is 11.5 Å². The number of unbranched alkanes of at least 4 members (excludes halogenated alkanes) is 1. The average molecular weight is 251 g/mol. The summed E-state index contributed by atoms with van der Waals surface area (Å²) in [6.45, 7) is 7.72. The maximum Gasteiger partial charge on any atom is 0.162 e. The molecule has 0 atom stereocenters. The normalized spacial score (nSPS) is 10.6. The molecule has 3 nitrogen and oxygen atoms in total. The molecule has 1 rings (SSSR count). The second-order valence-electron chi connectivity index (χ2n) is 4.68. The Morgan fingerprint density at radius 3 is 2.28 bits per heavy atom. The van der Waals surface area contributed by atoms with Crippen LogP contribution in [0.3, 0.4) is 0 Å². The van der Waals surface area contributed by atoms with Gasteiger partial charge in [-0.1, -0.05) is 13.3 Å². The lowest BCUT2D eigenvalue weighted by molar-refractivity contribution is 0.355. The van der Waals surface area contributed by atoms with Gasteiger partial charge in [-0.2, -0.15) is 0 Å². The summed E-state index contributed by atoms with van der Waals surface area (Å²) in [5.41, 5.74) is 1.19. The van der Waals surface area contributed by atoms with Crippen molar-refractivity contribution in [2.75, 3.05) is 25.7 Å². The van der Waals surface area contributed by atoms with Crippen molar-refractivity contribution in [1.29, 1.82) is 0 Å². The fourth-order valence-electron chi connectivity index (χ4n) is 2.02. The van der Waals surface area contributed by atoms with E-state index in [1.165, 1.54) is 18.5 Å². The first-order valence-electron chi connectivity index (χ1n) is 6.62. The Morgan fingerprint density at radius 1 is 1.11 bits per heavy atom. The fourth-order valence-corrected chi connectivity index (χ4v) is 2.02. The van der Waals surface area contributed by atoms with E-state index in [4.69, 9.17) is 9.47 Å². The van der Waals surface area contributed by atoms with Crippen molar-refractivity contribution in [1.82, 2.24) is 0 Å². The van der Waals surface area contributed by atoms with Crippen molar-refractivity contribution >= 4 is 5.69 Å². The number of hydrogen-bond donors (Lipinski definition) is 0. The summed E-state index contributed by atoms with van der Waals surface area (Å²) >= 11 is 0. The Morgan fingerprint density at radius 2 is 1.78 bits per heavy atom. The van der Waals surface area contributed by atoms with Crippen molar-refractivity contribution in [2.45, 2.75) is 39.7 Å². The third-order valence-electron chi connectivity index (χ3n) is 3.07. The Labute approximate surface area is 111 Å². The van der Waals surface area contributed by atoms with Crippen LogP contribution in [0.2, 0.25) is 0 Å². The van der Waals surface area contributed by atoms with Crippen molar-refractivity contribution < 1.29 is 9.47 Å². The van der Waals surface area contributed by atoms with Crippen LogP contribution in [0.1, 0.15) is 33.6 Å². The van der Waals surface area contributed by atoms with Gasteiger partial charge in [0, 0.05) is 24.3 Å². The minimum atomic E-state index is 0.481. The predicted octanol–water partition coefficient (Wildman–Crippen LogP) is 3.72. The van der Waals surface area contributed by atoms with Crippen molar-refractivity contribution in [3.63, 3.8) is 0 Å². The highest BCUT2D eigenvalue weighted by molar-refractivity contribution is 5.56. The summed E-state index contributed by atoms with van der Waals surface area (Å²) in [4.78, 5) is 2.39. The quantitative estimate of drug-likeness (QED) is 0.737.